The van der Waals surface area contributed by atoms with Gasteiger partial charge in [-0.05, 0) is 24.1 Å². The van der Waals surface area contributed by atoms with E-state index in [1.54, 1.807) is 21.8 Å². The van der Waals surface area contributed by atoms with Crippen molar-refractivity contribution >= 4 is 21.4 Å². The summed E-state index contributed by atoms with van der Waals surface area (Å²) in [5.74, 6) is 0. The molecule has 0 N–H and O–H groups in total. The molecule has 2 heterocycles. The third-order valence-electron chi connectivity index (χ3n) is 3.78. The molecule has 1 fully saturated rings. The predicted molar refractivity (Wildman–Crippen MR) is 84.9 cm³/mol. The SMILES string of the molecule is CN1CCN(S(=O)(=O)c2cccs2)[C@@H](c2ccccc2)C1. The van der Waals surface area contributed by atoms with E-state index in [0.717, 1.165) is 12.1 Å². The molecule has 0 unspecified atom stereocenters. The van der Waals surface area contributed by atoms with E-state index in [2.05, 4.69) is 4.90 Å². The standard InChI is InChI=1S/C15H18N2O2S2/c1-16-9-10-17(21(18,19)15-8-5-11-20-15)14(12-16)13-6-3-2-4-7-13/h2-8,11,14H,9-10,12H2,1H3/t14-/m1/s1. The second-order valence-corrected chi connectivity index (χ2v) is 8.30. The highest BCUT2D eigenvalue weighted by atomic mass is 32.2. The van der Waals surface area contributed by atoms with Crippen LogP contribution in [0.5, 0.6) is 0 Å². The molecule has 0 saturated carbocycles. The Morgan fingerprint density at radius 3 is 2.52 bits per heavy atom. The smallest absolute Gasteiger partial charge is 0.253 e. The van der Waals surface area contributed by atoms with Gasteiger partial charge in [0.15, 0.2) is 0 Å². The van der Waals surface area contributed by atoms with E-state index in [0.29, 0.717) is 17.3 Å². The molecule has 0 amide bonds. The lowest BCUT2D eigenvalue weighted by Crippen LogP contribution is -2.49. The normalized spacial score (nSPS) is 21.5. The van der Waals surface area contributed by atoms with E-state index in [-0.39, 0.29) is 6.04 Å². The average molecular weight is 322 g/mol. The molecule has 1 aliphatic heterocycles. The summed E-state index contributed by atoms with van der Waals surface area (Å²) in [7, 11) is -1.38. The van der Waals surface area contributed by atoms with Gasteiger partial charge in [0.1, 0.15) is 4.21 Å². The monoisotopic (exact) mass is 322 g/mol. The third-order valence-corrected chi connectivity index (χ3v) is 7.06. The fourth-order valence-electron chi connectivity index (χ4n) is 2.66. The summed E-state index contributed by atoms with van der Waals surface area (Å²) in [4.78, 5) is 2.18. The van der Waals surface area contributed by atoms with Crippen molar-refractivity contribution in [3.8, 4) is 0 Å². The van der Waals surface area contributed by atoms with Crippen molar-refractivity contribution in [1.29, 1.82) is 0 Å². The number of rotatable bonds is 3. The van der Waals surface area contributed by atoms with Gasteiger partial charge in [-0.25, -0.2) is 8.42 Å². The zero-order valence-corrected chi connectivity index (χ0v) is 13.5. The highest BCUT2D eigenvalue weighted by molar-refractivity contribution is 7.91. The first-order chi connectivity index (χ1) is 10.1. The summed E-state index contributed by atoms with van der Waals surface area (Å²) in [6.07, 6.45) is 0. The third kappa shape index (κ3) is 2.89. The van der Waals surface area contributed by atoms with Crippen LogP contribution in [0.4, 0.5) is 0 Å². The number of likely N-dealkylation sites (N-methyl/N-ethyl adjacent to an activating group) is 1. The summed E-state index contributed by atoms with van der Waals surface area (Å²) in [5.41, 5.74) is 1.05. The molecule has 0 aliphatic carbocycles. The van der Waals surface area contributed by atoms with Gasteiger partial charge in [-0.3, -0.25) is 0 Å². The molecule has 4 nitrogen and oxygen atoms in total. The Morgan fingerprint density at radius 1 is 1.10 bits per heavy atom. The Kier molecular flexibility index (Phi) is 4.12. The van der Waals surface area contributed by atoms with Crippen LogP contribution in [0.25, 0.3) is 0 Å². The Hall–Kier alpha value is -1.21. The Balaban J connectivity index is 1.99. The van der Waals surface area contributed by atoms with Gasteiger partial charge in [0.25, 0.3) is 10.0 Å². The topological polar surface area (TPSA) is 40.6 Å². The Bertz CT molecular complexity index is 684. The number of thiophene rings is 1. The van der Waals surface area contributed by atoms with E-state index in [9.17, 15) is 8.42 Å². The van der Waals surface area contributed by atoms with Crippen molar-refractivity contribution in [1.82, 2.24) is 9.21 Å². The van der Waals surface area contributed by atoms with Gasteiger partial charge in [-0.15, -0.1) is 11.3 Å². The minimum Gasteiger partial charge on any atom is -0.303 e. The van der Waals surface area contributed by atoms with E-state index in [4.69, 9.17) is 0 Å². The van der Waals surface area contributed by atoms with Crippen LogP contribution in [0.1, 0.15) is 11.6 Å². The second-order valence-electron chi connectivity index (χ2n) is 5.24. The van der Waals surface area contributed by atoms with Crippen molar-refractivity contribution in [2.45, 2.75) is 10.3 Å². The maximum absolute atomic E-state index is 12.9. The molecule has 1 saturated heterocycles. The maximum Gasteiger partial charge on any atom is 0.253 e. The van der Waals surface area contributed by atoms with Crippen LogP contribution < -0.4 is 0 Å². The highest BCUT2D eigenvalue weighted by Gasteiger charge is 2.36. The molecule has 1 atom stereocenters. The first-order valence-corrected chi connectivity index (χ1v) is 9.20. The first kappa shape index (κ1) is 14.7. The van der Waals surface area contributed by atoms with Gasteiger partial charge < -0.3 is 4.90 Å². The molecule has 1 aromatic heterocycles. The van der Waals surface area contributed by atoms with Gasteiger partial charge >= 0.3 is 0 Å². The zero-order chi connectivity index (χ0) is 14.9. The average Bonchev–Trinajstić information content (AvgIpc) is 3.03. The van der Waals surface area contributed by atoms with Gasteiger partial charge in [-0.2, -0.15) is 4.31 Å². The molecular formula is C15H18N2O2S2. The van der Waals surface area contributed by atoms with Crippen molar-refractivity contribution in [2.24, 2.45) is 0 Å². The molecule has 0 bridgehead atoms. The van der Waals surface area contributed by atoms with Gasteiger partial charge in [0, 0.05) is 19.6 Å². The second kappa shape index (κ2) is 5.88. The quantitative estimate of drug-likeness (QED) is 0.871. The lowest BCUT2D eigenvalue weighted by molar-refractivity contribution is 0.161. The summed E-state index contributed by atoms with van der Waals surface area (Å²) in [6, 6.07) is 13.2. The van der Waals surface area contributed by atoms with E-state index < -0.39 is 10.0 Å². The molecule has 21 heavy (non-hydrogen) atoms. The maximum atomic E-state index is 12.9. The Labute approximate surface area is 129 Å². The molecule has 6 heteroatoms. The van der Waals surface area contributed by atoms with Crippen molar-refractivity contribution in [3.63, 3.8) is 0 Å². The molecule has 3 rings (SSSR count). The van der Waals surface area contributed by atoms with E-state index in [1.807, 2.05) is 37.4 Å². The zero-order valence-electron chi connectivity index (χ0n) is 11.8. The molecule has 1 aliphatic rings. The Morgan fingerprint density at radius 2 is 1.86 bits per heavy atom. The number of benzene rings is 1. The number of hydrogen-bond acceptors (Lipinski definition) is 4. The minimum absolute atomic E-state index is 0.128. The summed E-state index contributed by atoms with van der Waals surface area (Å²) in [6.45, 7) is 2.00. The number of nitrogens with zero attached hydrogens (tertiary/aromatic N) is 2. The van der Waals surface area contributed by atoms with Crippen LogP contribution >= 0.6 is 11.3 Å². The number of sulfonamides is 1. The minimum atomic E-state index is -3.41. The van der Waals surface area contributed by atoms with Gasteiger partial charge in [-0.1, -0.05) is 36.4 Å². The van der Waals surface area contributed by atoms with Gasteiger partial charge in [0.05, 0.1) is 6.04 Å². The predicted octanol–water partition coefficient (Wildman–Crippen LogP) is 2.43. The molecule has 0 spiro atoms. The van der Waals surface area contributed by atoms with Crippen molar-refractivity contribution < 1.29 is 8.42 Å². The van der Waals surface area contributed by atoms with Crippen LogP contribution in [0, 0.1) is 0 Å². The van der Waals surface area contributed by atoms with Crippen LogP contribution in [-0.2, 0) is 10.0 Å². The first-order valence-electron chi connectivity index (χ1n) is 6.88. The summed E-state index contributed by atoms with van der Waals surface area (Å²) >= 11 is 1.28. The lowest BCUT2D eigenvalue weighted by atomic mass is 10.1. The molecule has 2 aromatic rings. The fourth-order valence-corrected chi connectivity index (χ4v) is 5.38. The fraction of sp³-hybridized carbons (Fsp3) is 0.333. The summed E-state index contributed by atoms with van der Waals surface area (Å²) < 4.78 is 27.8. The lowest BCUT2D eigenvalue weighted by Gasteiger charge is -2.39. The van der Waals surface area contributed by atoms with Crippen LogP contribution in [0.15, 0.2) is 52.1 Å². The van der Waals surface area contributed by atoms with E-state index in [1.165, 1.54) is 11.3 Å². The number of piperazine rings is 1. The molecule has 0 radical (unpaired) electrons. The summed E-state index contributed by atoms with van der Waals surface area (Å²) in [5, 5.41) is 1.81. The van der Waals surface area contributed by atoms with Crippen molar-refractivity contribution in [3.05, 3.63) is 53.4 Å². The number of hydrogen-bond donors (Lipinski definition) is 0. The van der Waals surface area contributed by atoms with Crippen LogP contribution in [-0.4, -0.2) is 44.3 Å². The van der Waals surface area contributed by atoms with Gasteiger partial charge in [0.2, 0.25) is 0 Å². The van der Waals surface area contributed by atoms with Crippen molar-refractivity contribution in [2.75, 3.05) is 26.7 Å². The van der Waals surface area contributed by atoms with Crippen LogP contribution in [0.3, 0.4) is 0 Å². The van der Waals surface area contributed by atoms with Crippen LogP contribution in [0.2, 0.25) is 0 Å². The molecule has 1 aromatic carbocycles. The largest absolute Gasteiger partial charge is 0.303 e. The molecule has 112 valence electrons. The van der Waals surface area contributed by atoms with E-state index >= 15 is 0 Å². The molecular weight excluding hydrogens is 304 g/mol. The highest BCUT2D eigenvalue weighted by Crippen LogP contribution is 2.32.